The minimum absolute atomic E-state index is 0.143. The summed E-state index contributed by atoms with van der Waals surface area (Å²) in [6.07, 6.45) is 0.617. The summed E-state index contributed by atoms with van der Waals surface area (Å²) in [5.74, 6) is 0.320. The Morgan fingerprint density at radius 3 is 2.78 bits per heavy atom. The van der Waals surface area contributed by atoms with Gasteiger partial charge in [-0.25, -0.2) is 0 Å². The van der Waals surface area contributed by atoms with E-state index in [4.69, 9.17) is 0 Å². The fraction of sp³-hybridized carbons (Fsp3) is 0.538. The number of benzene rings is 1. The number of aliphatic hydroxyl groups is 1. The second-order valence-corrected chi connectivity index (χ2v) is 5.01. The van der Waals surface area contributed by atoms with Gasteiger partial charge in [0, 0.05) is 30.4 Å². The van der Waals surface area contributed by atoms with Gasteiger partial charge in [-0.15, -0.1) is 0 Å². The van der Waals surface area contributed by atoms with E-state index in [0.29, 0.717) is 18.0 Å². The van der Waals surface area contributed by atoms with Crippen molar-refractivity contribution in [3.63, 3.8) is 0 Å². The molecular formula is C13H18N2O3. The zero-order valence-electron chi connectivity index (χ0n) is 10.7. The first kappa shape index (κ1) is 12.8. The smallest absolute Gasteiger partial charge is 0.272 e. The van der Waals surface area contributed by atoms with Crippen LogP contribution in [0.4, 0.5) is 11.4 Å². The van der Waals surface area contributed by atoms with Crippen LogP contribution in [-0.2, 0) is 0 Å². The molecule has 2 atom stereocenters. The van der Waals surface area contributed by atoms with Crippen molar-refractivity contribution in [1.82, 2.24) is 0 Å². The van der Waals surface area contributed by atoms with Crippen LogP contribution >= 0.6 is 0 Å². The number of rotatable bonds is 2. The van der Waals surface area contributed by atoms with Crippen LogP contribution in [0, 0.1) is 23.0 Å². The molecule has 1 aliphatic heterocycles. The van der Waals surface area contributed by atoms with Crippen LogP contribution in [0.25, 0.3) is 0 Å². The standard InChI is InChI=1S/C13H18N2O3/c1-9-5-6-14(8-13(9)16)11-3-4-12(15(17)18)10(2)7-11/h3-4,7,9,13,16H,5-6,8H2,1-2H3. The van der Waals surface area contributed by atoms with Crippen molar-refractivity contribution < 1.29 is 10.0 Å². The highest BCUT2D eigenvalue weighted by Gasteiger charge is 2.25. The Morgan fingerprint density at radius 1 is 1.50 bits per heavy atom. The summed E-state index contributed by atoms with van der Waals surface area (Å²) in [4.78, 5) is 12.5. The number of nitro groups is 1. The highest BCUT2D eigenvalue weighted by atomic mass is 16.6. The van der Waals surface area contributed by atoms with E-state index in [1.165, 1.54) is 6.07 Å². The van der Waals surface area contributed by atoms with E-state index < -0.39 is 0 Å². The van der Waals surface area contributed by atoms with Gasteiger partial charge in [0.05, 0.1) is 11.0 Å². The summed E-state index contributed by atoms with van der Waals surface area (Å²) in [7, 11) is 0. The van der Waals surface area contributed by atoms with Crippen molar-refractivity contribution in [3.05, 3.63) is 33.9 Å². The number of aryl methyl sites for hydroxylation is 1. The van der Waals surface area contributed by atoms with Crippen LogP contribution in [0.2, 0.25) is 0 Å². The second kappa shape index (κ2) is 4.94. The second-order valence-electron chi connectivity index (χ2n) is 5.01. The van der Waals surface area contributed by atoms with E-state index in [-0.39, 0.29) is 16.7 Å². The molecule has 2 unspecified atom stereocenters. The molecule has 98 valence electrons. The van der Waals surface area contributed by atoms with Crippen LogP contribution in [0.5, 0.6) is 0 Å². The maximum Gasteiger partial charge on any atom is 0.272 e. The zero-order chi connectivity index (χ0) is 13.3. The van der Waals surface area contributed by atoms with Gasteiger partial charge < -0.3 is 10.0 Å². The Morgan fingerprint density at radius 2 is 2.22 bits per heavy atom. The Kier molecular flexibility index (Phi) is 3.52. The number of nitrogens with zero attached hydrogens (tertiary/aromatic N) is 2. The molecule has 0 bridgehead atoms. The fourth-order valence-corrected chi connectivity index (χ4v) is 2.32. The molecule has 0 aliphatic carbocycles. The third-order valence-corrected chi connectivity index (χ3v) is 3.66. The van der Waals surface area contributed by atoms with Crippen LogP contribution in [0.15, 0.2) is 18.2 Å². The third kappa shape index (κ3) is 2.46. The molecule has 5 nitrogen and oxygen atoms in total. The summed E-state index contributed by atoms with van der Waals surface area (Å²) >= 11 is 0. The summed E-state index contributed by atoms with van der Waals surface area (Å²) in [6, 6.07) is 5.11. The lowest BCUT2D eigenvalue weighted by Gasteiger charge is -2.35. The Bertz CT molecular complexity index is 462. The number of piperidine rings is 1. The molecule has 0 radical (unpaired) electrons. The van der Waals surface area contributed by atoms with Crippen molar-refractivity contribution in [1.29, 1.82) is 0 Å². The highest BCUT2D eigenvalue weighted by Crippen LogP contribution is 2.27. The Balaban J connectivity index is 2.19. The largest absolute Gasteiger partial charge is 0.391 e. The topological polar surface area (TPSA) is 66.6 Å². The van der Waals surface area contributed by atoms with E-state index in [0.717, 1.165) is 18.7 Å². The quantitative estimate of drug-likeness (QED) is 0.645. The van der Waals surface area contributed by atoms with Crippen molar-refractivity contribution in [3.8, 4) is 0 Å². The van der Waals surface area contributed by atoms with Gasteiger partial charge in [-0.3, -0.25) is 10.1 Å². The van der Waals surface area contributed by atoms with Crippen LogP contribution in [0.1, 0.15) is 18.9 Å². The first-order chi connectivity index (χ1) is 8.49. The van der Waals surface area contributed by atoms with E-state index in [1.54, 1.807) is 13.0 Å². The van der Waals surface area contributed by atoms with Crippen LogP contribution in [-0.4, -0.2) is 29.2 Å². The van der Waals surface area contributed by atoms with Gasteiger partial charge in [-0.1, -0.05) is 6.92 Å². The molecule has 1 aromatic rings. The molecule has 0 amide bonds. The number of aliphatic hydroxyl groups excluding tert-OH is 1. The van der Waals surface area contributed by atoms with Gasteiger partial charge in [0.15, 0.2) is 0 Å². The molecule has 1 fully saturated rings. The molecule has 2 rings (SSSR count). The first-order valence-corrected chi connectivity index (χ1v) is 6.17. The molecule has 0 saturated carbocycles. The van der Waals surface area contributed by atoms with Crippen LogP contribution < -0.4 is 4.90 Å². The van der Waals surface area contributed by atoms with Crippen molar-refractivity contribution >= 4 is 11.4 Å². The fourth-order valence-electron chi connectivity index (χ4n) is 2.32. The highest BCUT2D eigenvalue weighted by molar-refractivity contribution is 5.55. The van der Waals surface area contributed by atoms with Gasteiger partial charge >= 0.3 is 0 Å². The van der Waals surface area contributed by atoms with E-state index in [9.17, 15) is 15.2 Å². The predicted octanol–water partition coefficient (Wildman–Crippen LogP) is 2.11. The molecule has 5 heteroatoms. The summed E-state index contributed by atoms with van der Waals surface area (Å²) in [5.41, 5.74) is 1.75. The molecule has 0 spiro atoms. The number of hydrogen-bond donors (Lipinski definition) is 1. The number of hydrogen-bond acceptors (Lipinski definition) is 4. The molecule has 1 heterocycles. The minimum atomic E-state index is -0.369. The maximum absolute atomic E-state index is 10.8. The van der Waals surface area contributed by atoms with Crippen molar-refractivity contribution in [2.24, 2.45) is 5.92 Å². The predicted molar refractivity (Wildman–Crippen MR) is 69.8 cm³/mol. The van der Waals surface area contributed by atoms with Crippen LogP contribution in [0.3, 0.4) is 0 Å². The average molecular weight is 250 g/mol. The minimum Gasteiger partial charge on any atom is -0.391 e. The Hall–Kier alpha value is -1.62. The lowest BCUT2D eigenvalue weighted by Crippen LogP contribution is -2.42. The SMILES string of the molecule is Cc1cc(N2CCC(C)C(O)C2)ccc1[N+](=O)[O-]. The monoisotopic (exact) mass is 250 g/mol. The normalized spacial score (nSPS) is 24.1. The number of anilines is 1. The molecule has 1 aromatic carbocycles. The van der Waals surface area contributed by atoms with Gasteiger partial charge in [0.2, 0.25) is 0 Å². The average Bonchev–Trinajstić information content (AvgIpc) is 2.32. The molecule has 1 N–H and O–H groups in total. The first-order valence-electron chi connectivity index (χ1n) is 6.17. The van der Waals surface area contributed by atoms with Gasteiger partial charge in [-0.05, 0) is 31.4 Å². The van der Waals surface area contributed by atoms with Gasteiger partial charge in [0.25, 0.3) is 5.69 Å². The summed E-state index contributed by atoms with van der Waals surface area (Å²) in [6.45, 7) is 5.27. The molecule has 0 aromatic heterocycles. The van der Waals surface area contributed by atoms with E-state index in [2.05, 4.69) is 4.90 Å². The molecule has 18 heavy (non-hydrogen) atoms. The maximum atomic E-state index is 10.8. The summed E-state index contributed by atoms with van der Waals surface area (Å²) < 4.78 is 0. The lowest BCUT2D eigenvalue weighted by atomic mass is 9.95. The molecule has 1 saturated heterocycles. The zero-order valence-corrected chi connectivity index (χ0v) is 10.7. The number of β-amino-alcohol motifs (C(OH)–C–C–N with tert-alkyl or cyclic N) is 1. The van der Waals surface area contributed by atoms with E-state index >= 15 is 0 Å². The lowest BCUT2D eigenvalue weighted by molar-refractivity contribution is -0.385. The third-order valence-electron chi connectivity index (χ3n) is 3.66. The van der Waals surface area contributed by atoms with Crippen molar-refractivity contribution in [2.45, 2.75) is 26.4 Å². The Labute approximate surface area is 106 Å². The van der Waals surface area contributed by atoms with Crippen molar-refractivity contribution in [2.75, 3.05) is 18.0 Å². The molecule has 1 aliphatic rings. The van der Waals surface area contributed by atoms with Gasteiger partial charge in [-0.2, -0.15) is 0 Å². The van der Waals surface area contributed by atoms with E-state index in [1.807, 2.05) is 13.0 Å². The summed E-state index contributed by atoms with van der Waals surface area (Å²) in [5, 5.41) is 20.6. The number of nitro benzene ring substituents is 1. The van der Waals surface area contributed by atoms with Gasteiger partial charge in [0.1, 0.15) is 0 Å². The molecular weight excluding hydrogens is 232 g/mol.